The predicted octanol–water partition coefficient (Wildman–Crippen LogP) is 0.273. The molecule has 0 aromatic heterocycles. The number of hydrogen-bond acceptors (Lipinski definition) is 2. The van der Waals surface area contributed by atoms with E-state index in [9.17, 15) is 4.79 Å². The first-order valence-electron chi connectivity index (χ1n) is 2.43. The maximum Gasteiger partial charge on any atom is 0.0437 e. The molecule has 3 heteroatoms. The maximum atomic E-state index is 9.76. The molecule has 43 valence electrons. The first kappa shape index (κ1) is 8.73. The average Bonchev–Trinajstić information content (AvgIpc) is 2.14. The number of ether oxygens (including phenoxy) is 1. The first-order chi connectivity index (χ1) is 3.43. The molecule has 1 rings (SSSR count). The number of carbonyl (C=O) groups excluding carboxylic acids is 1. The van der Waals surface area contributed by atoms with Crippen molar-refractivity contribution in [2.24, 2.45) is 0 Å². The molecule has 1 radical (unpaired) electrons. The van der Waals surface area contributed by atoms with Crippen LogP contribution in [0.5, 0.6) is 0 Å². The zero-order valence-electron chi connectivity index (χ0n) is 4.59. The Balaban J connectivity index is 0.000000490. The molecular weight excluding hydrogens is 181 g/mol. The third kappa shape index (κ3) is 2.34. The van der Waals surface area contributed by atoms with Crippen LogP contribution in [0, 0.1) is 0 Å². The van der Waals surface area contributed by atoms with Crippen LogP contribution >= 0.6 is 0 Å². The molecule has 0 saturated carbocycles. The standard InChI is InChI=1S/C5H7O2.Y/c6-4-5-2-1-3-7-5;/h5H,1-3H2;/q-1;. The molecule has 0 aromatic carbocycles. The van der Waals surface area contributed by atoms with Gasteiger partial charge in [0.25, 0.3) is 0 Å². The Labute approximate surface area is 73.9 Å². The Kier molecular flexibility index (Phi) is 5.02. The van der Waals surface area contributed by atoms with Crippen LogP contribution in [-0.4, -0.2) is 19.0 Å². The minimum absolute atomic E-state index is 0. The minimum atomic E-state index is -0.208. The molecule has 2 nitrogen and oxygen atoms in total. The van der Waals surface area contributed by atoms with Crippen molar-refractivity contribution in [1.82, 2.24) is 0 Å². The van der Waals surface area contributed by atoms with Crippen molar-refractivity contribution in [3.63, 3.8) is 0 Å². The summed E-state index contributed by atoms with van der Waals surface area (Å²) in [7, 11) is 0. The quantitative estimate of drug-likeness (QED) is 0.552. The minimum Gasteiger partial charge on any atom is -0.539 e. The molecule has 1 unspecified atom stereocenters. The monoisotopic (exact) mass is 188 g/mol. The van der Waals surface area contributed by atoms with Crippen molar-refractivity contribution >= 4 is 6.29 Å². The third-order valence-electron chi connectivity index (χ3n) is 1.06. The zero-order chi connectivity index (χ0) is 5.11. The van der Waals surface area contributed by atoms with E-state index >= 15 is 0 Å². The van der Waals surface area contributed by atoms with Gasteiger partial charge in [-0.3, -0.25) is 0 Å². The van der Waals surface area contributed by atoms with E-state index in [1.807, 2.05) is 0 Å². The van der Waals surface area contributed by atoms with Gasteiger partial charge in [-0.25, -0.2) is 6.29 Å². The maximum absolute atomic E-state index is 9.76. The molecule has 0 amide bonds. The Morgan fingerprint density at radius 3 is 2.62 bits per heavy atom. The van der Waals surface area contributed by atoms with Crippen molar-refractivity contribution in [2.45, 2.75) is 18.9 Å². The van der Waals surface area contributed by atoms with Crippen LogP contribution in [0.3, 0.4) is 0 Å². The largest absolute Gasteiger partial charge is 0.539 e. The third-order valence-corrected chi connectivity index (χ3v) is 1.06. The van der Waals surface area contributed by atoms with Gasteiger partial charge in [0.2, 0.25) is 0 Å². The molecule has 0 aliphatic carbocycles. The summed E-state index contributed by atoms with van der Waals surface area (Å²) in [6.07, 6.45) is 3.46. The van der Waals surface area contributed by atoms with Gasteiger partial charge in [-0.1, -0.05) is 0 Å². The predicted molar refractivity (Wildman–Crippen MR) is 24.7 cm³/mol. The van der Waals surface area contributed by atoms with Crippen LogP contribution in [0.25, 0.3) is 0 Å². The first-order valence-corrected chi connectivity index (χ1v) is 2.43. The van der Waals surface area contributed by atoms with Gasteiger partial charge < -0.3 is 9.53 Å². The molecule has 0 spiro atoms. The van der Waals surface area contributed by atoms with E-state index in [1.54, 1.807) is 6.29 Å². The van der Waals surface area contributed by atoms with Crippen LogP contribution in [0.15, 0.2) is 0 Å². The molecule has 8 heavy (non-hydrogen) atoms. The summed E-state index contributed by atoms with van der Waals surface area (Å²) in [5.74, 6) is 0. The molecule has 1 saturated heterocycles. The molecule has 1 atom stereocenters. The van der Waals surface area contributed by atoms with Crippen LogP contribution in [-0.2, 0) is 42.2 Å². The second-order valence-corrected chi connectivity index (χ2v) is 1.62. The summed E-state index contributed by atoms with van der Waals surface area (Å²) in [6.45, 7) is 0.736. The van der Waals surface area contributed by atoms with Gasteiger partial charge in [-0.2, -0.15) is 0 Å². The topological polar surface area (TPSA) is 26.3 Å². The van der Waals surface area contributed by atoms with E-state index in [0.717, 1.165) is 19.4 Å². The molecule has 1 aliphatic rings. The van der Waals surface area contributed by atoms with E-state index in [2.05, 4.69) is 0 Å². The van der Waals surface area contributed by atoms with E-state index in [0.29, 0.717) is 0 Å². The smallest absolute Gasteiger partial charge is 0.0437 e. The summed E-state index contributed by atoms with van der Waals surface area (Å²) in [4.78, 5) is 9.76. The summed E-state index contributed by atoms with van der Waals surface area (Å²) < 4.78 is 4.88. The Hall–Kier alpha value is 0.734. The normalized spacial score (nSPS) is 26.8. The summed E-state index contributed by atoms with van der Waals surface area (Å²) in [6, 6.07) is 0. The molecule has 1 heterocycles. The van der Waals surface area contributed by atoms with Crippen molar-refractivity contribution in [1.29, 1.82) is 0 Å². The van der Waals surface area contributed by atoms with Crippen molar-refractivity contribution in [3.8, 4) is 0 Å². The van der Waals surface area contributed by atoms with Gasteiger partial charge in [0, 0.05) is 39.3 Å². The van der Waals surface area contributed by atoms with Crippen LogP contribution in [0.4, 0.5) is 0 Å². The summed E-state index contributed by atoms with van der Waals surface area (Å²) in [5, 5.41) is 0. The van der Waals surface area contributed by atoms with Crippen molar-refractivity contribution in [2.75, 3.05) is 6.61 Å². The molecule has 0 N–H and O–H groups in total. The number of hydrogen-bond donors (Lipinski definition) is 0. The van der Waals surface area contributed by atoms with E-state index in [1.165, 1.54) is 0 Å². The molecule has 1 aliphatic heterocycles. The Morgan fingerprint density at radius 2 is 2.38 bits per heavy atom. The van der Waals surface area contributed by atoms with Gasteiger partial charge >= 0.3 is 0 Å². The zero-order valence-corrected chi connectivity index (χ0v) is 7.43. The summed E-state index contributed by atoms with van der Waals surface area (Å²) in [5.41, 5.74) is 0. The fourth-order valence-corrected chi connectivity index (χ4v) is 0.671. The van der Waals surface area contributed by atoms with Gasteiger partial charge in [0.15, 0.2) is 0 Å². The molecule has 1 fully saturated rings. The van der Waals surface area contributed by atoms with Gasteiger partial charge in [0.1, 0.15) is 0 Å². The van der Waals surface area contributed by atoms with Crippen LogP contribution in [0.1, 0.15) is 12.8 Å². The molecular formula is C5H7O2Y-. The molecule has 0 aromatic rings. The van der Waals surface area contributed by atoms with Gasteiger partial charge in [-0.15, -0.1) is 0 Å². The Morgan fingerprint density at radius 1 is 1.62 bits per heavy atom. The van der Waals surface area contributed by atoms with Crippen molar-refractivity contribution in [3.05, 3.63) is 0 Å². The van der Waals surface area contributed by atoms with E-state index in [4.69, 9.17) is 4.74 Å². The fourth-order valence-electron chi connectivity index (χ4n) is 0.671. The van der Waals surface area contributed by atoms with Crippen LogP contribution in [0.2, 0.25) is 0 Å². The second-order valence-electron chi connectivity index (χ2n) is 1.62. The fraction of sp³-hybridized carbons (Fsp3) is 0.800. The summed E-state index contributed by atoms with van der Waals surface area (Å²) >= 11 is 0. The molecule has 0 bridgehead atoms. The van der Waals surface area contributed by atoms with E-state index in [-0.39, 0.29) is 38.8 Å². The Bertz CT molecular complexity index is 68.8. The van der Waals surface area contributed by atoms with Crippen LogP contribution < -0.4 is 0 Å². The van der Waals surface area contributed by atoms with Crippen molar-refractivity contribution < 1.29 is 42.2 Å². The van der Waals surface area contributed by atoms with E-state index < -0.39 is 0 Å². The van der Waals surface area contributed by atoms with Gasteiger partial charge in [-0.05, 0) is 18.9 Å². The SMILES string of the molecule is O=[C-]C1CCCO1.[Y]. The average molecular weight is 188 g/mol. The number of rotatable bonds is 1. The van der Waals surface area contributed by atoms with Gasteiger partial charge in [0.05, 0.1) is 0 Å². The second kappa shape index (κ2) is 4.60.